The Morgan fingerprint density at radius 1 is 1.08 bits per heavy atom. The van der Waals surface area contributed by atoms with Crippen molar-refractivity contribution in [2.45, 2.75) is 32.4 Å². The quantitative estimate of drug-likeness (QED) is 0.460. The van der Waals surface area contributed by atoms with Gasteiger partial charge >= 0.3 is 6.03 Å². The molecule has 12 nitrogen and oxygen atoms in total. The highest BCUT2D eigenvalue weighted by atomic mass is 16.6. The van der Waals surface area contributed by atoms with E-state index < -0.39 is 0 Å². The molecule has 2 aromatic heterocycles. The Bertz CT molecular complexity index is 1250. The van der Waals surface area contributed by atoms with Crippen molar-refractivity contribution in [2.75, 3.05) is 44.3 Å². The Balaban J connectivity index is 1.28. The van der Waals surface area contributed by atoms with Crippen LogP contribution in [0.1, 0.15) is 25.3 Å². The Hall–Kier alpha value is -4.35. The van der Waals surface area contributed by atoms with Crippen LogP contribution in [0.25, 0.3) is 5.95 Å². The highest BCUT2D eigenvalue weighted by Gasteiger charge is 2.32. The zero-order valence-electron chi connectivity index (χ0n) is 21.4. The zero-order valence-corrected chi connectivity index (χ0v) is 21.4. The minimum atomic E-state index is -0.262. The van der Waals surface area contributed by atoms with E-state index in [2.05, 4.69) is 25.5 Å². The summed E-state index contributed by atoms with van der Waals surface area (Å²) in [7, 11) is 0. The minimum Gasteiger partial charge on any atom is -0.486 e. The molecule has 1 saturated heterocycles. The number of anilines is 1. The average molecular weight is 521 g/mol. The predicted molar refractivity (Wildman–Crippen MR) is 139 cm³/mol. The zero-order chi connectivity index (χ0) is 26.3. The molecule has 3 aromatic rings. The third-order valence-electron chi connectivity index (χ3n) is 6.47. The van der Waals surface area contributed by atoms with Crippen molar-refractivity contribution in [3.8, 4) is 17.4 Å². The molecule has 0 aliphatic carbocycles. The number of rotatable bonds is 8. The third-order valence-corrected chi connectivity index (χ3v) is 6.47. The van der Waals surface area contributed by atoms with Gasteiger partial charge in [-0.15, -0.1) is 0 Å². The number of piperazine rings is 1. The number of benzene rings is 1. The number of nitrogens with one attached hydrogen (secondary N) is 2. The van der Waals surface area contributed by atoms with Gasteiger partial charge in [0.1, 0.15) is 25.4 Å². The molecule has 2 N–H and O–H groups in total. The van der Waals surface area contributed by atoms with Gasteiger partial charge < -0.3 is 29.9 Å². The second-order valence-electron chi connectivity index (χ2n) is 9.17. The molecule has 200 valence electrons. The van der Waals surface area contributed by atoms with Crippen LogP contribution in [0, 0.1) is 0 Å². The van der Waals surface area contributed by atoms with E-state index in [-0.39, 0.29) is 24.4 Å². The van der Waals surface area contributed by atoms with Gasteiger partial charge in [0, 0.05) is 57.7 Å². The van der Waals surface area contributed by atoms with Crippen LogP contribution in [0.15, 0.2) is 49.2 Å². The number of ether oxygens (including phenoxy) is 2. The Morgan fingerprint density at radius 2 is 1.95 bits per heavy atom. The van der Waals surface area contributed by atoms with Gasteiger partial charge in [-0.25, -0.2) is 14.8 Å². The fraction of sp³-hybridized carbons (Fsp3) is 0.423. The summed E-state index contributed by atoms with van der Waals surface area (Å²) in [5, 5.41) is 5.95. The summed E-state index contributed by atoms with van der Waals surface area (Å²) in [5.74, 6) is 2.47. The number of hydrogen-bond donors (Lipinski definition) is 2. The second-order valence-corrected chi connectivity index (χ2v) is 9.17. The van der Waals surface area contributed by atoms with E-state index in [0.717, 1.165) is 12.0 Å². The lowest BCUT2D eigenvalue weighted by Crippen LogP contribution is -2.58. The van der Waals surface area contributed by atoms with Gasteiger partial charge in [0.2, 0.25) is 11.9 Å². The number of hydrogen-bond acceptors (Lipinski definition) is 8. The van der Waals surface area contributed by atoms with Crippen LogP contribution < -0.4 is 25.0 Å². The van der Waals surface area contributed by atoms with Gasteiger partial charge in [0.05, 0.1) is 6.04 Å². The lowest BCUT2D eigenvalue weighted by atomic mass is 10.1. The van der Waals surface area contributed by atoms with Gasteiger partial charge in [-0.2, -0.15) is 4.98 Å². The van der Waals surface area contributed by atoms with Gasteiger partial charge in [-0.3, -0.25) is 9.36 Å². The van der Waals surface area contributed by atoms with Crippen LogP contribution in [0.5, 0.6) is 11.5 Å². The van der Waals surface area contributed by atoms with Crippen molar-refractivity contribution in [2.24, 2.45) is 0 Å². The number of nitrogens with zero attached hydrogens (tertiary/aromatic N) is 6. The number of carbonyl (C=O) groups excluding carboxylic acids is 2. The van der Waals surface area contributed by atoms with Gasteiger partial charge in [0.15, 0.2) is 11.5 Å². The SMILES string of the molecule is CCCNC(=O)N1CCN(c2ccnc(-n3ccnc3)n2)C(CC(=O)NCc2ccc3c(c2)OCCO3)C1. The number of imidazole rings is 1. The molecule has 1 atom stereocenters. The van der Waals surface area contributed by atoms with Crippen LogP contribution in [0.3, 0.4) is 0 Å². The maximum absolute atomic E-state index is 13.1. The minimum absolute atomic E-state index is 0.116. The van der Waals surface area contributed by atoms with E-state index in [1.807, 2.05) is 31.2 Å². The van der Waals surface area contributed by atoms with Crippen LogP contribution in [0.4, 0.5) is 10.6 Å². The third kappa shape index (κ3) is 5.96. The molecule has 0 spiro atoms. The molecule has 38 heavy (non-hydrogen) atoms. The van der Waals surface area contributed by atoms with Crippen molar-refractivity contribution in [1.29, 1.82) is 0 Å². The summed E-state index contributed by atoms with van der Waals surface area (Å²) in [6.07, 6.45) is 7.83. The molecule has 0 radical (unpaired) electrons. The summed E-state index contributed by atoms with van der Waals surface area (Å²) < 4.78 is 13.0. The molecule has 0 bridgehead atoms. The summed E-state index contributed by atoms with van der Waals surface area (Å²) in [5.41, 5.74) is 0.921. The molecule has 4 heterocycles. The fourth-order valence-corrected chi connectivity index (χ4v) is 4.55. The molecular formula is C26H32N8O4. The number of carbonyl (C=O) groups is 2. The summed E-state index contributed by atoms with van der Waals surface area (Å²) in [4.78, 5) is 42.8. The Kier molecular flexibility index (Phi) is 7.86. The number of amides is 3. The van der Waals surface area contributed by atoms with E-state index in [1.54, 1.807) is 34.4 Å². The standard InChI is InChI=1S/C26H32N8O4/c1-2-6-29-26(36)32-10-11-34(23-5-7-28-25(31-23)33-9-8-27-18-33)20(17-32)15-24(35)30-16-19-3-4-21-22(14-19)38-13-12-37-21/h3-5,7-9,14,18,20H,2,6,10-13,15-17H2,1H3,(H,29,36)(H,30,35). The first-order valence-electron chi connectivity index (χ1n) is 12.9. The van der Waals surface area contributed by atoms with Crippen molar-refractivity contribution in [1.82, 2.24) is 35.1 Å². The molecule has 2 aliphatic heterocycles. The Labute approximate surface area is 221 Å². The Morgan fingerprint density at radius 3 is 2.76 bits per heavy atom. The molecule has 1 fully saturated rings. The van der Waals surface area contributed by atoms with Crippen molar-refractivity contribution in [3.63, 3.8) is 0 Å². The van der Waals surface area contributed by atoms with Gasteiger partial charge in [-0.1, -0.05) is 13.0 Å². The maximum Gasteiger partial charge on any atom is 0.317 e. The highest BCUT2D eigenvalue weighted by molar-refractivity contribution is 5.78. The average Bonchev–Trinajstić information content (AvgIpc) is 3.50. The molecule has 5 rings (SSSR count). The highest BCUT2D eigenvalue weighted by Crippen LogP contribution is 2.30. The summed E-state index contributed by atoms with van der Waals surface area (Å²) in [6, 6.07) is 7.11. The molecule has 2 aliphatic rings. The lowest BCUT2D eigenvalue weighted by molar-refractivity contribution is -0.121. The van der Waals surface area contributed by atoms with E-state index in [0.29, 0.717) is 69.2 Å². The summed E-state index contributed by atoms with van der Waals surface area (Å²) >= 11 is 0. The lowest BCUT2D eigenvalue weighted by Gasteiger charge is -2.41. The fourth-order valence-electron chi connectivity index (χ4n) is 4.55. The van der Waals surface area contributed by atoms with Crippen molar-refractivity contribution < 1.29 is 19.1 Å². The number of fused-ring (bicyclic) bond motifs is 1. The first-order valence-corrected chi connectivity index (χ1v) is 12.9. The topological polar surface area (TPSA) is 127 Å². The van der Waals surface area contributed by atoms with Crippen LogP contribution in [0.2, 0.25) is 0 Å². The largest absolute Gasteiger partial charge is 0.486 e. The maximum atomic E-state index is 13.1. The second kappa shape index (κ2) is 11.8. The molecule has 0 saturated carbocycles. The van der Waals surface area contributed by atoms with Crippen LogP contribution >= 0.6 is 0 Å². The first-order chi connectivity index (χ1) is 18.6. The van der Waals surface area contributed by atoms with Crippen molar-refractivity contribution >= 4 is 17.8 Å². The summed E-state index contributed by atoms with van der Waals surface area (Å²) in [6.45, 7) is 5.49. The van der Waals surface area contributed by atoms with Crippen LogP contribution in [-0.4, -0.2) is 81.8 Å². The monoisotopic (exact) mass is 520 g/mol. The number of urea groups is 1. The molecule has 3 amide bonds. The molecule has 1 aromatic carbocycles. The van der Waals surface area contributed by atoms with Gasteiger partial charge in [0.25, 0.3) is 0 Å². The molecule has 1 unspecified atom stereocenters. The van der Waals surface area contributed by atoms with E-state index in [1.165, 1.54) is 0 Å². The molecular weight excluding hydrogens is 488 g/mol. The van der Waals surface area contributed by atoms with E-state index in [4.69, 9.17) is 14.5 Å². The smallest absolute Gasteiger partial charge is 0.317 e. The number of aromatic nitrogens is 4. The van der Waals surface area contributed by atoms with E-state index in [9.17, 15) is 9.59 Å². The molecule has 12 heteroatoms. The van der Waals surface area contributed by atoms with Gasteiger partial charge in [-0.05, 0) is 30.2 Å². The predicted octanol–water partition coefficient (Wildman–Crippen LogP) is 1.75. The van der Waals surface area contributed by atoms with Crippen molar-refractivity contribution in [3.05, 3.63) is 54.7 Å². The van der Waals surface area contributed by atoms with Crippen LogP contribution in [-0.2, 0) is 11.3 Å². The normalized spacial score (nSPS) is 16.7. The first kappa shape index (κ1) is 25.3. The van der Waals surface area contributed by atoms with E-state index >= 15 is 0 Å².